The van der Waals surface area contributed by atoms with Gasteiger partial charge in [-0.05, 0) is 42.5 Å². The molecule has 5 rings (SSSR count). The van der Waals surface area contributed by atoms with Gasteiger partial charge in [0.05, 0.1) is 29.8 Å². The fourth-order valence-electron chi connectivity index (χ4n) is 4.10. The van der Waals surface area contributed by atoms with E-state index >= 15 is 0 Å². The van der Waals surface area contributed by atoms with Crippen LogP contribution in [0.1, 0.15) is 22.6 Å². The van der Waals surface area contributed by atoms with Gasteiger partial charge in [-0.15, -0.1) is 11.3 Å². The Balaban J connectivity index is 1.58. The van der Waals surface area contributed by atoms with Gasteiger partial charge in [0, 0.05) is 23.9 Å². The van der Waals surface area contributed by atoms with Crippen LogP contribution in [0.2, 0.25) is 0 Å². The highest BCUT2D eigenvalue weighted by Gasteiger charge is 2.20. The van der Waals surface area contributed by atoms with Crippen molar-refractivity contribution in [2.24, 2.45) is 0 Å². The van der Waals surface area contributed by atoms with E-state index in [0.717, 1.165) is 50.2 Å². The van der Waals surface area contributed by atoms with Crippen LogP contribution >= 0.6 is 11.3 Å². The van der Waals surface area contributed by atoms with Crippen molar-refractivity contribution in [3.63, 3.8) is 0 Å². The number of methoxy groups -OCH3 is 1. The largest absolute Gasteiger partial charge is 0.496 e. The number of aromatic nitrogens is 3. The molecule has 8 heteroatoms. The molecule has 0 bridgehead atoms. The molecule has 5 aromatic rings. The number of para-hydroxylation sites is 1. The predicted octanol–water partition coefficient (Wildman–Crippen LogP) is 5.05. The van der Waals surface area contributed by atoms with E-state index in [-0.39, 0.29) is 5.56 Å². The Bertz CT molecular complexity index is 1430. The summed E-state index contributed by atoms with van der Waals surface area (Å²) in [7, 11) is 1.69. The third-order valence-electron chi connectivity index (χ3n) is 5.76. The van der Waals surface area contributed by atoms with E-state index in [2.05, 4.69) is 16.0 Å². The first kappa shape index (κ1) is 21.2. The molecule has 0 saturated carbocycles. The van der Waals surface area contributed by atoms with Crippen LogP contribution in [0.4, 0.5) is 0 Å². The summed E-state index contributed by atoms with van der Waals surface area (Å²) in [6.07, 6.45) is 10.4. The highest BCUT2D eigenvalue weighted by molar-refractivity contribution is 7.22. The molecule has 4 aromatic heterocycles. The molecule has 0 radical (unpaired) electrons. The second-order valence-electron chi connectivity index (χ2n) is 7.74. The fourth-order valence-corrected chi connectivity index (χ4v) is 5.38. The van der Waals surface area contributed by atoms with Crippen LogP contribution in [0.5, 0.6) is 5.75 Å². The average molecular weight is 462 g/mol. The number of hydrogen-bond donors (Lipinski definition) is 0. The summed E-state index contributed by atoms with van der Waals surface area (Å²) >= 11 is 1.56. The lowest BCUT2D eigenvalue weighted by Crippen LogP contribution is -2.22. The predicted molar refractivity (Wildman–Crippen MR) is 127 cm³/mol. The number of pyridine rings is 1. The summed E-state index contributed by atoms with van der Waals surface area (Å²) in [6.45, 7) is 2.45. The maximum absolute atomic E-state index is 13.5. The zero-order valence-corrected chi connectivity index (χ0v) is 19.2. The van der Waals surface area contributed by atoms with E-state index in [1.54, 1.807) is 47.9 Å². The van der Waals surface area contributed by atoms with Gasteiger partial charge in [-0.3, -0.25) is 4.79 Å². The fraction of sp³-hybridized carbons (Fsp3) is 0.240. The highest BCUT2D eigenvalue weighted by Crippen LogP contribution is 2.38. The van der Waals surface area contributed by atoms with E-state index in [9.17, 15) is 4.79 Å². The summed E-state index contributed by atoms with van der Waals surface area (Å²) < 4.78 is 19.2. The van der Waals surface area contributed by atoms with Gasteiger partial charge in [0.15, 0.2) is 5.89 Å². The molecule has 4 heterocycles. The number of aryl methyl sites for hydroxylation is 5. The average Bonchev–Trinajstić information content (AvgIpc) is 3.60. The number of oxazole rings is 2. The summed E-state index contributed by atoms with van der Waals surface area (Å²) in [6, 6.07) is 8.03. The molecule has 0 aliphatic carbocycles. The van der Waals surface area contributed by atoms with Crippen molar-refractivity contribution in [1.82, 2.24) is 14.5 Å². The quantitative estimate of drug-likeness (QED) is 0.322. The van der Waals surface area contributed by atoms with Gasteiger partial charge in [0.2, 0.25) is 5.89 Å². The number of rotatable bonds is 8. The second-order valence-corrected chi connectivity index (χ2v) is 8.76. The number of nitrogens with zero attached hydrogens (tertiary/aromatic N) is 3. The molecule has 0 aliphatic heterocycles. The zero-order valence-electron chi connectivity index (χ0n) is 18.4. The van der Waals surface area contributed by atoms with Gasteiger partial charge in [-0.1, -0.05) is 18.2 Å². The van der Waals surface area contributed by atoms with Gasteiger partial charge in [0.25, 0.3) is 5.56 Å². The van der Waals surface area contributed by atoms with Gasteiger partial charge in [0.1, 0.15) is 18.3 Å². The Kier molecular flexibility index (Phi) is 5.83. The Morgan fingerprint density at radius 3 is 2.58 bits per heavy atom. The maximum atomic E-state index is 13.5. The summed E-state index contributed by atoms with van der Waals surface area (Å²) in [5.74, 6) is 2.02. The van der Waals surface area contributed by atoms with E-state index < -0.39 is 0 Å². The van der Waals surface area contributed by atoms with Gasteiger partial charge in [-0.25, -0.2) is 9.97 Å². The molecule has 0 atom stereocenters. The highest BCUT2D eigenvalue weighted by atomic mass is 32.1. The van der Waals surface area contributed by atoms with Crippen LogP contribution in [-0.4, -0.2) is 21.6 Å². The van der Waals surface area contributed by atoms with Crippen LogP contribution in [-0.2, 0) is 25.8 Å². The lowest BCUT2D eigenvalue weighted by atomic mass is 10.0. The van der Waals surface area contributed by atoms with Crippen LogP contribution in [0.3, 0.4) is 0 Å². The molecule has 7 nitrogen and oxygen atoms in total. The number of benzene rings is 1. The topological polar surface area (TPSA) is 83.3 Å². The summed E-state index contributed by atoms with van der Waals surface area (Å²) in [5, 5.41) is 0.720. The molecular weight excluding hydrogens is 438 g/mol. The minimum absolute atomic E-state index is 0.0239. The Hall–Kier alpha value is -3.65. The lowest BCUT2D eigenvalue weighted by molar-refractivity contribution is 0.409. The third-order valence-corrected chi connectivity index (χ3v) is 7.11. The number of ether oxygens (including phenoxy) is 1. The smallest absolute Gasteiger partial charge is 0.259 e. The van der Waals surface area contributed by atoms with Crippen molar-refractivity contribution in [1.29, 1.82) is 0 Å². The minimum atomic E-state index is -0.0239. The molecular formula is C25H23N3O4S. The molecule has 1 aromatic carbocycles. The van der Waals surface area contributed by atoms with Crippen molar-refractivity contribution >= 4 is 21.4 Å². The standard InChI is InChI=1S/C25H23N3O4S/c1-16-21-23(33-22(16)24-27-11-14-32-24)18(8-7-17-5-3-4-6-19(17)30-2)15-28(25(21)29)12-9-20-26-10-13-31-20/h3-6,10-11,13-15H,7-9,12H2,1-2H3. The molecule has 0 aliphatic rings. The second kappa shape index (κ2) is 9.07. The van der Waals surface area contributed by atoms with Crippen molar-refractivity contribution in [2.75, 3.05) is 7.11 Å². The lowest BCUT2D eigenvalue weighted by Gasteiger charge is -2.12. The van der Waals surface area contributed by atoms with Gasteiger partial charge < -0.3 is 18.1 Å². The molecule has 0 unspecified atom stereocenters. The van der Waals surface area contributed by atoms with Crippen molar-refractivity contribution in [3.8, 4) is 16.5 Å². The summed E-state index contributed by atoms with van der Waals surface area (Å²) in [4.78, 5) is 22.8. The van der Waals surface area contributed by atoms with Crippen LogP contribution < -0.4 is 10.3 Å². The molecule has 168 valence electrons. The molecule has 0 spiro atoms. The Morgan fingerprint density at radius 2 is 1.82 bits per heavy atom. The maximum Gasteiger partial charge on any atom is 0.259 e. The monoisotopic (exact) mass is 461 g/mol. The first-order valence-corrected chi connectivity index (χ1v) is 11.5. The molecule has 0 saturated heterocycles. The van der Waals surface area contributed by atoms with Crippen LogP contribution in [0, 0.1) is 6.92 Å². The van der Waals surface area contributed by atoms with Gasteiger partial charge >= 0.3 is 0 Å². The van der Waals surface area contributed by atoms with E-state index in [1.165, 1.54) is 0 Å². The number of hydrogen-bond acceptors (Lipinski definition) is 7. The first-order valence-electron chi connectivity index (χ1n) is 10.7. The normalized spacial score (nSPS) is 11.3. The number of fused-ring (bicyclic) bond motifs is 1. The minimum Gasteiger partial charge on any atom is -0.496 e. The summed E-state index contributed by atoms with van der Waals surface area (Å²) in [5.41, 5.74) is 3.11. The molecule has 0 amide bonds. The van der Waals surface area contributed by atoms with Crippen molar-refractivity contribution in [3.05, 3.63) is 88.3 Å². The third kappa shape index (κ3) is 4.09. The van der Waals surface area contributed by atoms with Gasteiger partial charge in [-0.2, -0.15) is 0 Å². The molecule has 33 heavy (non-hydrogen) atoms. The number of thiophene rings is 1. The van der Waals surface area contributed by atoms with Crippen LogP contribution in [0.25, 0.3) is 20.9 Å². The zero-order chi connectivity index (χ0) is 22.8. The SMILES string of the molecule is COc1ccccc1CCc1cn(CCc2ncco2)c(=O)c2c(C)c(-c3ncco3)sc12. The molecule has 0 fully saturated rings. The van der Waals surface area contributed by atoms with Crippen molar-refractivity contribution < 1.29 is 13.6 Å². The molecule has 0 N–H and O–H groups in total. The van der Waals surface area contributed by atoms with Crippen molar-refractivity contribution in [2.45, 2.75) is 32.7 Å². The van der Waals surface area contributed by atoms with Crippen LogP contribution in [0.15, 0.2) is 69.0 Å². The van der Waals surface area contributed by atoms with E-state index in [1.807, 2.05) is 31.3 Å². The first-order chi connectivity index (χ1) is 16.2. The van der Waals surface area contributed by atoms with E-state index in [0.29, 0.717) is 24.7 Å². The Labute approximate surface area is 194 Å². The Morgan fingerprint density at radius 1 is 1.03 bits per heavy atom. The van der Waals surface area contributed by atoms with E-state index in [4.69, 9.17) is 13.6 Å².